The molecule has 10 heteroatoms. The van der Waals surface area contributed by atoms with E-state index >= 15 is 0 Å². The number of benzene rings is 3. The van der Waals surface area contributed by atoms with Gasteiger partial charge >= 0.3 is 0 Å². The van der Waals surface area contributed by atoms with E-state index in [1.807, 2.05) is 52.0 Å². The third-order valence-corrected chi connectivity index (χ3v) is 8.39. The minimum absolute atomic E-state index is 0.00139. The zero-order chi connectivity index (χ0) is 28.7. The highest BCUT2D eigenvalue weighted by atomic mass is 35.5. The van der Waals surface area contributed by atoms with E-state index in [0.29, 0.717) is 11.4 Å². The van der Waals surface area contributed by atoms with Crippen LogP contribution in [0, 0.1) is 6.92 Å². The standard InChI is InChI=1S/C29H33Cl2N3O4S/c1-5-26(29(36)32-20(2)3)33(18-22-13-11-21(4)12-14-22)28(35)19-34(27-16-15-23(30)17-25(27)31)39(37,38)24-9-7-6-8-10-24/h6-17,20,26H,5,18-19H2,1-4H3,(H,32,36)/t26-/m1/s1. The van der Waals surface area contributed by atoms with Crippen molar-refractivity contribution in [3.63, 3.8) is 0 Å². The number of hydrogen-bond acceptors (Lipinski definition) is 4. The van der Waals surface area contributed by atoms with Crippen LogP contribution >= 0.6 is 23.2 Å². The molecule has 208 valence electrons. The van der Waals surface area contributed by atoms with Crippen LogP contribution in [0.3, 0.4) is 0 Å². The van der Waals surface area contributed by atoms with Gasteiger partial charge in [0.1, 0.15) is 12.6 Å². The molecule has 1 atom stereocenters. The number of halogens is 2. The van der Waals surface area contributed by atoms with Crippen molar-refractivity contribution in [2.45, 2.75) is 57.6 Å². The Kier molecular flexibility index (Phi) is 10.4. The average Bonchev–Trinajstić information content (AvgIpc) is 2.88. The van der Waals surface area contributed by atoms with Crippen LogP contribution in [0.25, 0.3) is 0 Å². The van der Waals surface area contributed by atoms with Crippen LogP contribution < -0.4 is 9.62 Å². The number of nitrogens with zero attached hydrogens (tertiary/aromatic N) is 2. The van der Waals surface area contributed by atoms with Gasteiger partial charge in [-0.3, -0.25) is 13.9 Å². The van der Waals surface area contributed by atoms with Crippen molar-refractivity contribution < 1.29 is 18.0 Å². The van der Waals surface area contributed by atoms with Crippen LogP contribution in [0.5, 0.6) is 0 Å². The molecule has 0 spiro atoms. The lowest BCUT2D eigenvalue weighted by Gasteiger charge is -2.33. The predicted octanol–water partition coefficient (Wildman–Crippen LogP) is 5.83. The van der Waals surface area contributed by atoms with Crippen molar-refractivity contribution >= 4 is 50.7 Å². The van der Waals surface area contributed by atoms with Crippen LogP contribution in [0.4, 0.5) is 5.69 Å². The van der Waals surface area contributed by atoms with Crippen LogP contribution in [0.15, 0.2) is 77.7 Å². The molecule has 3 aromatic carbocycles. The van der Waals surface area contributed by atoms with Gasteiger partial charge in [-0.05, 0) is 63.1 Å². The average molecular weight is 591 g/mol. The van der Waals surface area contributed by atoms with Crippen LogP contribution in [-0.4, -0.2) is 43.8 Å². The van der Waals surface area contributed by atoms with Gasteiger partial charge in [-0.25, -0.2) is 8.42 Å². The molecule has 0 saturated carbocycles. The van der Waals surface area contributed by atoms with E-state index < -0.39 is 28.5 Å². The molecule has 0 aliphatic carbocycles. The monoisotopic (exact) mass is 589 g/mol. The minimum Gasteiger partial charge on any atom is -0.352 e. The second kappa shape index (κ2) is 13.3. The Hall–Kier alpha value is -3.07. The number of carbonyl (C=O) groups is 2. The van der Waals surface area contributed by atoms with Crippen molar-refractivity contribution in [1.82, 2.24) is 10.2 Å². The Balaban J connectivity index is 2.08. The normalized spacial score (nSPS) is 12.2. The van der Waals surface area contributed by atoms with Crippen molar-refractivity contribution in [2.24, 2.45) is 0 Å². The first-order valence-electron chi connectivity index (χ1n) is 12.6. The molecule has 0 radical (unpaired) electrons. The molecular formula is C29H33Cl2N3O4S. The molecule has 0 heterocycles. The number of carbonyl (C=O) groups excluding carboxylic acids is 2. The summed E-state index contributed by atoms with van der Waals surface area (Å²) in [7, 11) is -4.21. The molecule has 2 amide bonds. The molecule has 39 heavy (non-hydrogen) atoms. The van der Waals surface area contributed by atoms with Gasteiger partial charge in [-0.1, -0.05) is 78.2 Å². The van der Waals surface area contributed by atoms with Gasteiger partial charge in [0.25, 0.3) is 10.0 Å². The summed E-state index contributed by atoms with van der Waals surface area (Å²) in [6.07, 6.45) is 0.337. The first-order valence-corrected chi connectivity index (χ1v) is 14.8. The molecule has 0 aromatic heterocycles. The summed E-state index contributed by atoms with van der Waals surface area (Å²) >= 11 is 12.5. The van der Waals surface area contributed by atoms with E-state index in [2.05, 4.69) is 5.32 Å². The highest BCUT2D eigenvalue weighted by Gasteiger charge is 2.34. The first-order chi connectivity index (χ1) is 18.4. The molecule has 0 saturated heterocycles. The molecule has 3 rings (SSSR count). The van der Waals surface area contributed by atoms with Crippen LogP contribution in [0.2, 0.25) is 10.0 Å². The van der Waals surface area contributed by atoms with Gasteiger partial charge in [0.15, 0.2) is 0 Å². The Morgan fingerprint density at radius 3 is 2.15 bits per heavy atom. The van der Waals surface area contributed by atoms with E-state index in [1.54, 1.807) is 18.2 Å². The molecule has 7 nitrogen and oxygen atoms in total. The fourth-order valence-electron chi connectivity index (χ4n) is 4.11. The second-order valence-corrected chi connectivity index (χ2v) is 12.2. The van der Waals surface area contributed by atoms with Crippen molar-refractivity contribution in [3.8, 4) is 0 Å². The minimum atomic E-state index is -4.21. The maximum atomic E-state index is 14.0. The number of anilines is 1. The van der Waals surface area contributed by atoms with Crippen molar-refractivity contribution in [2.75, 3.05) is 10.8 Å². The Labute approximate surface area is 240 Å². The fourth-order valence-corrected chi connectivity index (χ4v) is 6.12. The Morgan fingerprint density at radius 1 is 0.949 bits per heavy atom. The summed E-state index contributed by atoms with van der Waals surface area (Å²) < 4.78 is 28.6. The summed E-state index contributed by atoms with van der Waals surface area (Å²) in [6, 6.07) is 18.9. The Bertz CT molecular complexity index is 1400. The van der Waals surface area contributed by atoms with Gasteiger partial charge in [0.2, 0.25) is 11.8 Å². The summed E-state index contributed by atoms with van der Waals surface area (Å²) in [4.78, 5) is 28.6. The van der Waals surface area contributed by atoms with E-state index in [0.717, 1.165) is 15.4 Å². The molecule has 0 aliphatic rings. The maximum Gasteiger partial charge on any atom is 0.264 e. The summed E-state index contributed by atoms with van der Waals surface area (Å²) in [6.45, 7) is 7.00. The fraction of sp³-hybridized carbons (Fsp3) is 0.310. The molecule has 0 bridgehead atoms. The number of amides is 2. The molecule has 1 N–H and O–H groups in total. The maximum absolute atomic E-state index is 14.0. The summed E-state index contributed by atoms with van der Waals surface area (Å²) in [5.41, 5.74) is 1.97. The van der Waals surface area contributed by atoms with Crippen molar-refractivity contribution in [3.05, 3.63) is 94.0 Å². The number of nitrogens with one attached hydrogen (secondary N) is 1. The van der Waals surface area contributed by atoms with Gasteiger partial charge in [0.05, 0.1) is 15.6 Å². The highest BCUT2D eigenvalue weighted by molar-refractivity contribution is 7.92. The van der Waals surface area contributed by atoms with E-state index in [9.17, 15) is 18.0 Å². The molecular weight excluding hydrogens is 557 g/mol. The van der Waals surface area contributed by atoms with Gasteiger partial charge in [0, 0.05) is 17.6 Å². The topological polar surface area (TPSA) is 86.8 Å². The lowest BCUT2D eigenvalue weighted by atomic mass is 10.1. The largest absolute Gasteiger partial charge is 0.352 e. The third kappa shape index (κ3) is 7.75. The first kappa shape index (κ1) is 30.5. The van der Waals surface area contributed by atoms with E-state index in [1.165, 1.54) is 35.2 Å². The Morgan fingerprint density at radius 2 is 1.59 bits per heavy atom. The van der Waals surface area contributed by atoms with E-state index in [-0.39, 0.29) is 34.1 Å². The van der Waals surface area contributed by atoms with Crippen LogP contribution in [0.1, 0.15) is 38.3 Å². The van der Waals surface area contributed by atoms with Gasteiger partial charge in [-0.15, -0.1) is 0 Å². The molecule has 0 aliphatic heterocycles. The third-order valence-electron chi connectivity index (χ3n) is 6.08. The number of hydrogen-bond donors (Lipinski definition) is 1. The zero-order valence-corrected chi connectivity index (χ0v) is 24.7. The highest BCUT2D eigenvalue weighted by Crippen LogP contribution is 2.33. The number of rotatable bonds is 11. The summed E-state index contributed by atoms with van der Waals surface area (Å²) in [5.74, 6) is -0.859. The molecule has 3 aromatic rings. The SMILES string of the molecule is CC[C@H](C(=O)NC(C)C)N(Cc1ccc(C)cc1)C(=O)CN(c1ccc(Cl)cc1Cl)S(=O)(=O)c1ccccc1. The van der Waals surface area contributed by atoms with E-state index in [4.69, 9.17) is 23.2 Å². The van der Waals surface area contributed by atoms with Gasteiger partial charge in [-0.2, -0.15) is 0 Å². The molecule has 0 unspecified atom stereocenters. The number of sulfonamides is 1. The molecule has 0 fully saturated rings. The summed E-state index contributed by atoms with van der Waals surface area (Å²) in [5, 5.41) is 3.28. The zero-order valence-electron chi connectivity index (χ0n) is 22.4. The van der Waals surface area contributed by atoms with Crippen LogP contribution in [-0.2, 0) is 26.2 Å². The number of aryl methyl sites for hydroxylation is 1. The second-order valence-electron chi connectivity index (χ2n) is 9.52. The quantitative estimate of drug-likeness (QED) is 0.305. The smallest absolute Gasteiger partial charge is 0.264 e. The predicted molar refractivity (Wildman–Crippen MR) is 157 cm³/mol. The lowest BCUT2D eigenvalue weighted by molar-refractivity contribution is -0.140. The lowest BCUT2D eigenvalue weighted by Crippen LogP contribution is -2.53. The van der Waals surface area contributed by atoms with Crippen molar-refractivity contribution in [1.29, 1.82) is 0 Å². The van der Waals surface area contributed by atoms with Gasteiger partial charge < -0.3 is 10.2 Å².